The van der Waals surface area contributed by atoms with Gasteiger partial charge in [0.25, 0.3) is 11.8 Å². The lowest BCUT2D eigenvalue weighted by molar-refractivity contribution is -0.181. The Labute approximate surface area is 183 Å². The minimum Gasteiger partial charge on any atom is -0.490 e. The molecule has 0 saturated carbocycles. The molecule has 0 aliphatic carbocycles. The van der Waals surface area contributed by atoms with Gasteiger partial charge in [-0.05, 0) is 44.4 Å². The second kappa shape index (κ2) is 9.87. The van der Waals surface area contributed by atoms with Gasteiger partial charge in [-0.25, -0.2) is 0 Å². The fraction of sp³-hybridized carbons (Fsp3) is 0.652. The first kappa shape index (κ1) is 21.9. The first-order valence-corrected chi connectivity index (χ1v) is 11.3. The summed E-state index contributed by atoms with van der Waals surface area (Å²) in [5, 5.41) is 0. The summed E-state index contributed by atoms with van der Waals surface area (Å²) < 4.78 is 23.0. The number of piperidine rings is 2. The predicted molar refractivity (Wildman–Crippen MR) is 113 cm³/mol. The summed E-state index contributed by atoms with van der Waals surface area (Å²) in [6.07, 6.45) is 4.62. The molecule has 3 aliphatic rings. The fourth-order valence-electron chi connectivity index (χ4n) is 4.42. The van der Waals surface area contributed by atoms with Gasteiger partial charge in [0, 0.05) is 44.6 Å². The molecule has 0 atom stereocenters. The van der Waals surface area contributed by atoms with Crippen LogP contribution in [0.25, 0.3) is 0 Å². The molecule has 31 heavy (non-hydrogen) atoms. The number of hydrogen-bond acceptors (Lipinski definition) is 6. The molecule has 0 aromatic heterocycles. The van der Waals surface area contributed by atoms with E-state index in [2.05, 4.69) is 0 Å². The van der Waals surface area contributed by atoms with Crippen LogP contribution in [0.1, 0.15) is 49.4 Å². The molecule has 4 rings (SSSR count). The van der Waals surface area contributed by atoms with E-state index in [9.17, 15) is 9.59 Å². The maximum absolute atomic E-state index is 13.0. The van der Waals surface area contributed by atoms with Crippen molar-refractivity contribution in [2.24, 2.45) is 0 Å². The first-order valence-electron chi connectivity index (χ1n) is 11.3. The molecule has 0 bridgehead atoms. The van der Waals surface area contributed by atoms with E-state index in [4.69, 9.17) is 18.9 Å². The van der Waals surface area contributed by atoms with E-state index >= 15 is 0 Å². The summed E-state index contributed by atoms with van der Waals surface area (Å²) in [6.45, 7) is 6.29. The van der Waals surface area contributed by atoms with Crippen molar-refractivity contribution in [1.29, 1.82) is 0 Å². The van der Waals surface area contributed by atoms with Crippen LogP contribution >= 0.6 is 0 Å². The molecule has 2 amide bonds. The third-order valence-electron chi connectivity index (χ3n) is 6.18. The molecule has 3 heterocycles. The number of likely N-dealkylation sites (tertiary alicyclic amines) is 2. The molecular formula is C23H32N2O6. The Morgan fingerprint density at radius 1 is 0.935 bits per heavy atom. The topological polar surface area (TPSA) is 77.5 Å². The van der Waals surface area contributed by atoms with Gasteiger partial charge in [0.05, 0.1) is 19.8 Å². The summed E-state index contributed by atoms with van der Waals surface area (Å²) >= 11 is 0. The van der Waals surface area contributed by atoms with Crippen molar-refractivity contribution in [3.05, 3.63) is 23.8 Å². The third-order valence-corrected chi connectivity index (χ3v) is 6.18. The normalized spacial score (nSPS) is 20.7. The second-order valence-corrected chi connectivity index (χ2v) is 8.22. The van der Waals surface area contributed by atoms with Crippen molar-refractivity contribution >= 4 is 11.8 Å². The summed E-state index contributed by atoms with van der Waals surface area (Å²) in [5.74, 6) is 0.391. The molecule has 3 saturated heterocycles. The van der Waals surface area contributed by atoms with Crippen LogP contribution in [-0.4, -0.2) is 80.0 Å². The maximum Gasteiger partial charge on any atom is 0.260 e. The smallest absolute Gasteiger partial charge is 0.260 e. The Morgan fingerprint density at radius 3 is 2.32 bits per heavy atom. The highest BCUT2D eigenvalue weighted by atomic mass is 16.7. The molecule has 8 nitrogen and oxygen atoms in total. The Morgan fingerprint density at radius 2 is 1.65 bits per heavy atom. The first-order chi connectivity index (χ1) is 15.1. The van der Waals surface area contributed by atoms with Crippen molar-refractivity contribution in [3.63, 3.8) is 0 Å². The summed E-state index contributed by atoms with van der Waals surface area (Å²) in [7, 11) is 0. The lowest BCUT2D eigenvalue weighted by Gasteiger charge is -2.37. The van der Waals surface area contributed by atoms with Crippen molar-refractivity contribution in [3.8, 4) is 11.5 Å². The maximum atomic E-state index is 13.0. The highest BCUT2D eigenvalue weighted by Crippen LogP contribution is 2.33. The molecule has 3 fully saturated rings. The number of amides is 2. The van der Waals surface area contributed by atoms with Gasteiger partial charge >= 0.3 is 0 Å². The number of hydrogen-bond donors (Lipinski definition) is 0. The van der Waals surface area contributed by atoms with E-state index in [-0.39, 0.29) is 18.4 Å². The Kier molecular flexibility index (Phi) is 6.97. The zero-order valence-electron chi connectivity index (χ0n) is 18.3. The zero-order valence-corrected chi connectivity index (χ0v) is 18.3. The number of nitrogens with zero attached hydrogens (tertiary/aromatic N) is 2. The van der Waals surface area contributed by atoms with Crippen LogP contribution < -0.4 is 9.47 Å². The van der Waals surface area contributed by atoms with Crippen molar-refractivity contribution < 1.29 is 28.5 Å². The highest BCUT2D eigenvalue weighted by molar-refractivity contribution is 5.95. The zero-order chi connectivity index (χ0) is 21.7. The van der Waals surface area contributed by atoms with Crippen molar-refractivity contribution in [1.82, 2.24) is 9.80 Å². The van der Waals surface area contributed by atoms with Gasteiger partial charge in [-0.15, -0.1) is 0 Å². The van der Waals surface area contributed by atoms with Gasteiger partial charge < -0.3 is 28.7 Å². The van der Waals surface area contributed by atoms with Crippen LogP contribution in [0.15, 0.2) is 18.2 Å². The van der Waals surface area contributed by atoms with E-state index in [1.54, 1.807) is 18.2 Å². The number of rotatable bonds is 6. The third kappa shape index (κ3) is 5.13. The lowest BCUT2D eigenvalue weighted by Crippen LogP contribution is -2.47. The minimum atomic E-state index is -0.508. The van der Waals surface area contributed by atoms with Crippen LogP contribution in [0, 0.1) is 0 Å². The van der Waals surface area contributed by atoms with Crippen LogP contribution in [0.5, 0.6) is 11.5 Å². The average molecular weight is 433 g/mol. The Hall–Kier alpha value is -2.32. The van der Waals surface area contributed by atoms with Gasteiger partial charge in [0.15, 0.2) is 23.9 Å². The number of ether oxygens (including phenoxy) is 4. The lowest BCUT2D eigenvalue weighted by atomic mass is 10.0. The Balaban J connectivity index is 1.38. The van der Waals surface area contributed by atoms with Crippen LogP contribution in [0.3, 0.4) is 0 Å². The molecule has 1 spiro atoms. The molecule has 1 aromatic rings. The molecule has 0 unspecified atom stereocenters. The predicted octanol–water partition coefficient (Wildman–Crippen LogP) is 2.46. The molecule has 170 valence electrons. The highest BCUT2D eigenvalue weighted by Gasteiger charge is 2.40. The number of benzene rings is 1. The van der Waals surface area contributed by atoms with Gasteiger partial charge in [0.1, 0.15) is 0 Å². The van der Waals surface area contributed by atoms with Crippen molar-refractivity contribution in [2.45, 2.75) is 44.8 Å². The van der Waals surface area contributed by atoms with Gasteiger partial charge in [-0.3, -0.25) is 9.59 Å². The van der Waals surface area contributed by atoms with Crippen LogP contribution in [-0.2, 0) is 14.3 Å². The van der Waals surface area contributed by atoms with E-state index < -0.39 is 5.79 Å². The van der Waals surface area contributed by atoms with Gasteiger partial charge in [-0.2, -0.15) is 0 Å². The molecule has 1 aromatic carbocycles. The van der Waals surface area contributed by atoms with E-state index in [1.165, 1.54) is 6.42 Å². The average Bonchev–Trinajstić information content (AvgIpc) is 3.26. The van der Waals surface area contributed by atoms with Crippen LogP contribution in [0.4, 0.5) is 0 Å². The molecule has 3 aliphatic heterocycles. The quantitative estimate of drug-likeness (QED) is 0.687. The monoisotopic (exact) mass is 432 g/mol. The number of carbonyl (C=O) groups is 2. The molecule has 8 heteroatoms. The fourth-order valence-corrected chi connectivity index (χ4v) is 4.42. The summed E-state index contributed by atoms with van der Waals surface area (Å²) in [5.41, 5.74) is 0.544. The van der Waals surface area contributed by atoms with E-state index in [1.807, 2.05) is 16.7 Å². The summed E-state index contributed by atoms with van der Waals surface area (Å²) in [4.78, 5) is 29.1. The number of carbonyl (C=O) groups excluding carboxylic acids is 2. The molecule has 0 radical (unpaired) electrons. The minimum absolute atomic E-state index is 0.0131. The Bertz CT molecular complexity index is 776. The van der Waals surface area contributed by atoms with E-state index in [0.717, 1.165) is 25.9 Å². The standard InChI is InChI=1S/C23H32N2O6/c1-2-28-20-16-18(22(27)25-12-8-23(9-13-25)30-14-15-31-23)6-7-19(20)29-17-21(26)24-10-4-3-5-11-24/h6-7,16H,2-5,8-15,17H2,1H3. The molecular weight excluding hydrogens is 400 g/mol. The van der Waals surface area contributed by atoms with Gasteiger partial charge in [0.2, 0.25) is 0 Å². The van der Waals surface area contributed by atoms with Gasteiger partial charge in [-0.1, -0.05) is 0 Å². The van der Waals surface area contributed by atoms with Crippen molar-refractivity contribution in [2.75, 3.05) is 52.6 Å². The largest absolute Gasteiger partial charge is 0.490 e. The SMILES string of the molecule is CCOc1cc(C(=O)N2CCC3(CC2)OCCO3)ccc1OCC(=O)N1CCCCC1. The summed E-state index contributed by atoms with van der Waals surface area (Å²) in [6, 6.07) is 5.16. The van der Waals surface area contributed by atoms with E-state index in [0.29, 0.717) is 62.8 Å². The molecule has 0 N–H and O–H groups in total. The second-order valence-electron chi connectivity index (χ2n) is 8.22. The van der Waals surface area contributed by atoms with Crippen LogP contribution in [0.2, 0.25) is 0 Å².